The zero-order valence-corrected chi connectivity index (χ0v) is 10.4. The second kappa shape index (κ2) is 5.31. The van der Waals surface area contributed by atoms with E-state index in [1.165, 1.54) is 12.1 Å². The summed E-state index contributed by atoms with van der Waals surface area (Å²) < 4.78 is 37.3. The third kappa shape index (κ3) is 3.25. The van der Waals surface area contributed by atoms with Crippen LogP contribution in [-0.2, 0) is 12.6 Å². The molecule has 1 nitrogen and oxygen atoms in total. The van der Waals surface area contributed by atoms with Crippen LogP contribution in [0.2, 0.25) is 0 Å². The molecule has 1 aliphatic rings. The molecule has 1 N–H and O–H groups in total. The average Bonchev–Trinajstić information content (AvgIpc) is 2.32. The van der Waals surface area contributed by atoms with E-state index in [-0.39, 0.29) is 0 Å². The van der Waals surface area contributed by atoms with Crippen molar-refractivity contribution in [1.29, 1.82) is 0 Å². The Balaban J connectivity index is 2.02. The Morgan fingerprint density at radius 3 is 2.44 bits per heavy atom. The van der Waals surface area contributed by atoms with Gasteiger partial charge in [-0.3, -0.25) is 0 Å². The van der Waals surface area contributed by atoms with E-state index in [4.69, 9.17) is 0 Å². The standard InChI is InChI=1S/C14H18F3N/c1-10-9-18-7-6-12(10)8-11-2-4-13(5-3-11)14(15,16)17/h2-5,10,12,18H,6-9H2,1H3. The molecule has 1 saturated heterocycles. The van der Waals surface area contributed by atoms with Gasteiger partial charge < -0.3 is 5.32 Å². The highest BCUT2D eigenvalue weighted by atomic mass is 19.4. The van der Waals surface area contributed by atoms with Crippen molar-refractivity contribution in [3.05, 3.63) is 35.4 Å². The van der Waals surface area contributed by atoms with Crippen LogP contribution in [0.4, 0.5) is 13.2 Å². The maximum atomic E-state index is 12.4. The van der Waals surface area contributed by atoms with Crippen molar-refractivity contribution in [3.63, 3.8) is 0 Å². The van der Waals surface area contributed by atoms with Crippen molar-refractivity contribution in [2.24, 2.45) is 11.8 Å². The van der Waals surface area contributed by atoms with Crippen molar-refractivity contribution in [2.75, 3.05) is 13.1 Å². The van der Waals surface area contributed by atoms with Gasteiger partial charge in [-0.15, -0.1) is 0 Å². The van der Waals surface area contributed by atoms with Crippen LogP contribution in [0, 0.1) is 11.8 Å². The lowest BCUT2D eigenvalue weighted by atomic mass is 9.83. The fraction of sp³-hybridized carbons (Fsp3) is 0.571. The number of halogens is 3. The fourth-order valence-electron chi connectivity index (χ4n) is 2.50. The van der Waals surface area contributed by atoms with Crippen LogP contribution in [0.5, 0.6) is 0 Å². The quantitative estimate of drug-likeness (QED) is 0.855. The van der Waals surface area contributed by atoms with Crippen molar-refractivity contribution in [3.8, 4) is 0 Å². The molecule has 0 radical (unpaired) electrons. The minimum atomic E-state index is -4.24. The summed E-state index contributed by atoms with van der Waals surface area (Å²) in [5, 5.41) is 3.33. The Morgan fingerprint density at radius 1 is 1.22 bits per heavy atom. The van der Waals surface area contributed by atoms with Crippen LogP contribution in [0.15, 0.2) is 24.3 Å². The summed E-state index contributed by atoms with van der Waals surface area (Å²) in [5.41, 5.74) is 0.436. The minimum Gasteiger partial charge on any atom is -0.316 e. The average molecular weight is 257 g/mol. The molecule has 1 aromatic rings. The Bertz CT molecular complexity index is 383. The van der Waals surface area contributed by atoms with E-state index in [0.717, 1.165) is 31.5 Å². The molecule has 1 aromatic carbocycles. The number of nitrogens with one attached hydrogen (secondary N) is 1. The highest BCUT2D eigenvalue weighted by Crippen LogP contribution is 2.30. The second-order valence-electron chi connectivity index (χ2n) is 5.13. The Labute approximate surface area is 105 Å². The van der Waals surface area contributed by atoms with E-state index < -0.39 is 11.7 Å². The first-order valence-corrected chi connectivity index (χ1v) is 6.33. The van der Waals surface area contributed by atoms with E-state index in [0.29, 0.717) is 11.8 Å². The van der Waals surface area contributed by atoms with E-state index in [1.54, 1.807) is 12.1 Å². The summed E-state index contributed by atoms with van der Waals surface area (Å²) >= 11 is 0. The molecule has 18 heavy (non-hydrogen) atoms. The summed E-state index contributed by atoms with van der Waals surface area (Å²) in [6.07, 6.45) is -2.26. The number of rotatable bonds is 2. The van der Waals surface area contributed by atoms with Gasteiger partial charge in [-0.05, 0) is 55.5 Å². The van der Waals surface area contributed by atoms with Crippen molar-refractivity contribution < 1.29 is 13.2 Å². The van der Waals surface area contributed by atoms with E-state index in [2.05, 4.69) is 12.2 Å². The van der Waals surface area contributed by atoms with Crippen molar-refractivity contribution in [2.45, 2.75) is 25.9 Å². The first kappa shape index (κ1) is 13.4. The van der Waals surface area contributed by atoms with Gasteiger partial charge in [0.15, 0.2) is 0 Å². The number of piperidine rings is 1. The first-order valence-electron chi connectivity index (χ1n) is 6.33. The monoisotopic (exact) mass is 257 g/mol. The highest BCUT2D eigenvalue weighted by molar-refractivity contribution is 5.25. The molecular formula is C14H18F3N. The van der Waals surface area contributed by atoms with Crippen LogP contribution in [-0.4, -0.2) is 13.1 Å². The predicted octanol–water partition coefficient (Wildman–Crippen LogP) is 3.49. The lowest BCUT2D eigenvalue weighted by Crippen LogP contribution is -2.35. The molecule has 1 aliphatic heterocycles. The van der Waals surface area contributed by atoms with Crippen molar-refractivity contribution >= 4 is 0 Å². The third-order valence-corrected chi connectivity index (χ3v) is 3.74. The summed E-state index contributed by atoms with van der Waals surface area (Å²) in [6.45, 7) is 4.21. The minimum absolute atomic E-state index is 0.565. The summed E-state index contributed by atoms with van der Waals surface area (Å²) in [7, 11) is 0. The molecule has 1 heterocycles. The molecule has 0 saturated carbocycles. The van der Waals surface area contributed by atoms with Crippen LogP contribution in [0.3, 0.4) is 0 Å². The molecule has 0 aromatic heterocycles. The van der Waals surface area contributed by atoms with Gasteiger partial charge >= 0.3 is 6.18 Å². The number of hydrogen-bond donors (Lipinski definition) is 1. The zero-order chi connectivity index (χ0) is 13.2. The molecular weight excluding hydrogens is 239 g/mol. The molecule has 0 bridgehead atoms. The molecule has 1 fully saturated rings. The number of hydrogen-bond acceptors (Lipinski definition) is 1. The largest absolute Gasteiger partial charge is 0.416 e. The SMILES string of the molecule is CC1CNCCC1Cc1ccc(C(F)(F)F)cc1. The number of alkyl halides is 3. The van der Waals surface area contributed by atoms with E-state index in [1.807, 2.05) is 0 Å². The van der Waals surface area contributed by atoms with Crippen LogP contribution in [0.25, 0.3) is 0 Å². The second-order valence-corrected chi connectivity index (χ2v) is 5.13. The molecule has 2 atom stereocenters. The molecule has 4 heteroatoms. The molecule has 100 valence electrons. The summed E-state index contributed by atoms with van der Waals surface area (Å²) in [4.78, 5) is 0. The smallest absolute Gasteiger partial charge is 0.316 e. The van der Waals surface area contributed by atoms with Gasteiger partial charge in [-0.25, -0.2) is 0 Å². The van der Waals surface area contributed by atoms with Gasteiger partial charge in [0.1, 0.15) is 0 Å². The zero-order valence-electron chi connectivity index (χ0n) is 10.4. The van der Waals surface area contributed by atoms with Gasteiger partial charge in [0, 0.05) is 0 Å². The van der Waals surface area contributed by atoms with Gasteiger partial charge in [-0.2, -0.15) is 13.2 Å². The van der Waals surface area contributed by atoms with Crippen LogP contribution < -0.4 is 5.32 Å². The highest BCUT2D eigenvalue weighted by Gasteiger charge is 2.30. The maximum Gasteiger partial charge on any atom is 0.416 e. The van der Waals surface area contributed by atoms with Crippen LogP contribution >= 0.6 is 0 Å². The summed E-state index contributed by atoms with van der Waals surface area (Å²) in [5.74, 6) is 1.16. The first-order chi connectivity index (χ1) is 8.47. The van der Waals surface area contributed by atoms with Gasteiger partial charge in [0.2, 0.25) is 0 Å². The topological polar surface area (TPSA) is 12.0 Å². The van der Waals surface area contributed by atoms with Gasteiger partial charge in [0.25, 0.3) is 0 Å². The third-order valence-electron chi connectivity index (χ3n) is 3.74. The Hall–Kier alpha value is -1.03. The maximum absolute atomic E-state index is 12.4. The Morgan fingerprint density at radius 2 is 1.89 bits per heavy atom. The fourth-order valence-corrected chi connectivity index (χ4v) is 2.50. The van der Waals surface area contributed by atoms with E-state index >= 15 is 0 Å². The van der Waals surface area contributed by atoms with Crippen LogP contribution in [0.1, 0.15) is 24.5 Å². The predicted molar refractivity (Wildman–Crippen MR) is 65.3 cm³/mol. The molecule has 2 unspecified atom stereocenters. The molecule has 0 amide bonds. The van der Waals surface area contributed by atoms with Crippen molar-refractivity contribution in [1.82, 2.24) is 5.32 Å². The van der Waals surface area contributed by atoms with Gasteiger partial charge in [0.05, 0.1) is 5.56 Å². The number of benzene rings is 1. The Kier molecular flexibility index (Phi) is 3.95. The lowest BCUT2D eigenvalue weighted by molar-refractivity contribution is -0.137. The summed E-state index contributed by atoms with van der Waals surface area (Å²) in [6, 6.07) is 5.58. The van der Waals surface area contributed by atoms with Gasteiger partial charge in [-0.1, -0.05) is 19.1 Å². The molecule has 0 aliphatic carbocycles. The lowest BCUT2D eigenvalue weighted by Gasteiger charge is -2.29. The van der Waals surface area contributed by atoms with E-state index in [9.17, 15) is 13.2 Å². The normalized spacial score (nSPS) is 25.1. The molecule has 0 spiro atoms. The molecule has 2 rings (SSSR count).